The lowest BCUT2D eigenvalue weighted by Gasteiger charge is -2.29. The van der Waals surface area contributed by atoms with Crippen LogP contribution in [0.5, 0.6) is 5.75 Å². The SMILES string of the molecule is CCc1ccc(Cn2nccc2NC(=O)CCN2C(=O)COc3ccccc32)cc1. The van der Waals surface area contributed by atoms with E-state index in [-0.39, 0.29) is 31.4 Å². The van der Waals surface area contributed by atoms with Crippen LogP contribution in [-0.4, -0.2) is 34.7 Å². The van der Waals surface area contributed by atoms with Gasteiger partial charge in [-0.2, -0.15) is 5.10 Å². The maximum Gasteiger partial charge on any atom is 0.265 e. The molecule has 0 radical (unpaired) electrons. The number of amides is 2. The van der Waals surface area contributed by atoms with Gasteiger partial charge in [-0.1, -0.05) is 43.3 Å². The number of nitrogens with one attached hydrogen (secondary N) is 1. The molecule has 1 aliphatic rings. The van der Waals surface area contributed by atoms with E-state index in [0.29, 0.717) is 23.8 Å². The molecule has 30 heavy (non-hydrogen) atoms. The first-order valence-corrected chi connectivity index (χ1v) is 10.1. The average molecular weight is 404 g/mol. The van der Waals surface area contributed by atoms with Crippen molar-refractivity contribution in [3.8, 4) is 5.75 Å². The summed E-state index contributed by atoms with van der Waals surface area (Å²) in [7, 11) is 0. The summed E-state index contributed by atoms with van der Waals surface area (Å²) in [5.41, 5.74) is 3.09. The molecule has 1 N–H and O–H groups in total. The third kappa shape index (κ3) is 4.35. The fraction of sp³-hybridized carbons (Fsp3) is 0.261. The number of ether oxygens (including phenoxy) is 1. The number of rotatable bonds is 7. The van der Waals surface area contributed by atoms with Crippen molar-refractivity contribution < 1.29 is 14.3 Å². The number of carbonyl (C=O) groups is 2. The van der Waals surface area contributed by atoms with E-state index in [1.54, 1.807) is 21.8 Å². The van der Waals surface area contributed by atoms with Crippen LogP contribution in [0.1, 0.15) is 24.5 Å². The lowest BCUT2D eigenvalue weighted by atomic mass is 10.1. The summed E-state index contributed by atoms with van der Waals surface area (Å²) in [6.45, 7) is 2.97. The Hall–Kier alpha value is -3.61. The molecule has 0 spiro atoms. The van der Waals surface area contributed by atoms with E-state index in [1.165, 1.54) is 5.56 Å². The maximum atomic E-state index is 12.5. The minimum absolute atomic E-state index is 0.0117. The molecule has 0 saturated carbocycles. The van der Waals surface area contributed by atoms with Crippen molar-refractivity contribution >= 4 is 23.3 Å². The van der Waals surface area contributed by atoms with Crippen LogP contribution in [0.15, 0.2) is 60.8 Å². The number of aryl methyl sites for hydroxylation is 1. The first kappa shape index (κ1) is 19.7. The topological polar surface area (TPSA) is 76.5 Å². The minimum Gasteiger partial charge on any atom is -0.482 e. The van der Waals surface area contributed by atoms with Gasteiger partial charge in [0.2, 0.25) is 5.91 Å². The third-order valence-corrected chi connectivity index (χ3v) is 5.12. The summed E-state index contributed by atoms with van der Waals surface area (Å²) >= 11 is 0. The summed E-state index contributed by atoms with van der Waals surface area (Å²) in [4.78, 5) is 26.4. The average Bonchev–Trinajstić information content (AvgIpc) is 3.20. The van der Waals surface area contributed by atoms with Crippen molar-refractivity contribution in [3.63, 3.8) is 0 Å². The number of carbonyl (C=O) groups excluding carboxylic acids is 2. The zero-order valence-corrected chi connectivity index (χ0v) is 16.9. The largest absolute Gasteiger partial charge is 0.482 e. The molecule has 2 aromatic carbocycles. The van der Waals surface area contributed by atoms with Crippen LogP contribution >= 0.6 is 0 Å². The first-order chi connectivity index (χ1) is 14.6. The van der Waals surface area contributed by atoms with E-state index in [2.05, 4.69) is 41.6 Å². The molecule has 0 bridgehead atoms. The Bertz CT molecular complexity index is 1040. The molecule has 154 valence electrons. The van der Waals surface area contributed by atoms with Gasteiger partial charge in [-0.3, -0.25) is 9.59 Å². The van der Waals surface area contributed by atoms with Crippen LogP contribution in [0.4, 0.5) is 11.5 Å². The molecule has 0 aliphatic carbocycles. The Balaban J connectivity index is 1.37. The van der Waals surface area contributed by atoms with Gasteiger partial charge in [0.25, 0.3) is 5.91 Å². The quantitative estimate of drug-likeness (QED) is 0.656. The van der Waals surface area contributed by atoms with E-state index >= 15 is 0 Å². The van der Waals surface area contributed by atoms with E-state index in [0.717, 1.165) is 12.0 Å². The van der Waals surface area contributed by atoms with Gasteiger partial charge >= 0.3 is 0 Å². The Morgan fingerprint density at radius 3 is 2.67 bits per heavy atom. The number of aromatic nitrogens is 2. The summed E-state index contributed by atoms with van der Waals surface area (Å²) in [5.74, 6) is 0.967. The van der Waals surface area contributed by atoms with Gasteiger partial charge in [0.15, 0.2) is 6.61 Å². The Morgan fingerprint density at radius 1 is 1.10 bits per heavy atom. The minimum atomic E-state index is -0.171. The van der Waals surface area contributed by atoms with Gasteiger partial charge in [-0.05, 0) is 29.7 Å². The second-order valence-corrected chi connectivity index (χ2v) is 7.14. The van der Waals surface area contributed by atoms with Crippen molar-refractivity contribution in [2.45, 2.75) is 26.3 Å². The van der Waals surface area contributed by atoms with Gasteiger partial charge in [-0.15, -0.1) is 0 Å². The predicted molar refractivity (Wildman–Crippen MR) is 115 cm³/mol. The van der Waals surface area contributed by atoms with Crippen LogP contribution in [0, 0.1) is 0 Å². The molecule has 2 heterocycles. The Kier molecular flexibility index (Phi) is 5.79. The van der Waals surface area contributed by atoms with Crippen molar-refractivity contribution in [1.29, 1.82) is 0 Å². The summed E-state index contributed by atoms with van der Waals surface area (Å²) in [6.07, 6.45) is 2.84. The van der Waals surface area contributed by atoms with Gasteiger partial charge in [0.1, 0.15) is 11.6 Å². The van der Waals surface area contributed by atoms with E-state index < -0.39 is 0 Å². The molecule has 3 aromatic rings. The van der Waals surface area contributed by atoms with Gasteiger partial charge in [0.05, 0.1) is 18.4 Å². The molecule has 4 rings (SSSR count). The molecule has 2 amide bonds. The summed E-state index contributed by atoms with van der Waals surface area (Å²) in [6, 6.07) is 17.5. The second kappa shape index (κ2) is 8.82. The molecule has 0 fully saturated rings. The fourth-order valence-electron chi connectivity index (χ4n) is 3.44. The van der Waals surface area contributed by atoms with Crippen molar-refractivity contribution in [1.82, 2.24) is 9.78 Å². The smallest absolute Gasteiger partial charge is 0.265 e. The Labute approximate surface area is 175 Å². The number of hydrogen-bond acceptors (Lipinski definition) is 4. The van der Waals surface area contributed by atoms with Crippen LogP contribution in [0.3, 0.4) is 0 Å². The highest BCUT2D eigenvalue weighted by Gasteiger charge is 2.25. The maximum absolute atomic E-state index is 12.5. The standard InChI is InChI=1S/C23H24N4O3/c1-2-17-7-9-18(10-8-17)15-27-21(11-13-24-27)25-22(28)12-14-26-19-5-3-4-6-20(19)30-16-23(26)29/h3-11,13H,2,12,14-16H2,1H3,(H,25,28). The van der Waals surface area contributed by atoms with Gasteiger partial charge in [-0.25, -0.2) is 4.68 Å². The van der Waals surface area contributed by atoms with Gasteiger partial charge < -0.3 is 15.0 Å². The highest BCUT2D eigenvalue weighted by molar-refractivity contribution is 5.99. The highest BCUT2D eigenvalue weighted by atomic mass is 16.5. The predicted octanol–water partition coefficient (Wildman–Crippen LogP) is 3.25. The van der Waals surface area contributed by atoms with Crippen molar-refractivity contribution in [2.24, 2.45) is 0 Å². The zero-order valence-electron chi connectivity index (χ0n) is 16.9. The number of para-hydroxylation sites is 2. The normalized spacial score (nSPS) is 13.0. The number of fused-ring (bicyclic) bond motifs is 1. The molecule has 1 aliphatic heterocycles. The molecule has 7 heteroatoms. The molecule has 0 atom stereocenters. The van der Waals surface area contributed by atoms with Crippen LogP contribution < -0.4 is 15.0 Å². The number of nitrogens with zero attached hydrogens (tertiary/aromatic N) is 3. The lowest BCUT2D eigenvalue weighted by molar-refractivity contribution is -0.121. The van der Waals surface area contributed by atoms with Crippen LogP contribution in [-0.2, 0) is 22.6 Å². The molecular formula is C23H24N4O3. The third-order valence-electron chi connectivity index (χ3n) is 5.12. The second-order valence-electron chi connectivity index (χ2n) is 7.14. The number of hydrogen-bond donors (Lipinski definition) is 1. The molecule has 7 nitrogen and oxygen atoms in total. The Morgan fingerprint density at radius 2 is 1.87 bits per heavy atom. The van der Waals surface area contributed by atoms with Crippen LogP contribution in [0.25, 0.3) is 0 Å². The molecule has 0 saturated heterocycles. The summed E-state index contributed by atoms with van der Waals surface area (Å²) < 4.78 is 7.20. The lowest BCUT2D eigenvalue weighted by Crippen LogP contribution is -2.40. The van der Waals surface area contributed by atoms with E-state index in [9.17, 15) is 9.59 Å². The van der Waals surface area contributed by atoms with Gasteiger partial charge in [0, 0.05) is 19.0 Å². The monoisotopic (exact) mass is 404 g/mol. The number of anilines is 2. The zero-order chi connectivity index (χ0) is 20.9. The van der Waals surface area contributed by atoms with E-state index in [1.807, 2.05) is 24.3 Å². The van der Waals surface area contributed by atoms with E-state index in [4.69, 9.17) is 4.74 Å². The highest BCUT2D eigenvalue weighted by Crippen LogP contribution is 2.31. The van der Waals surface area contributed by atoms with Crippen molar-refractivity contribution in [3.05, 3.63) is 71.9 Å². The molecule has 1 aromatic heterocycles. The van der Waals surface area contributed by atoms with Crippen LogP contribution in [0.2, 0.25) is 0 Å². The first-order valence-electron chi connectivity index (χ1n) is 10.1. The fourth-order valence-corrected chi connectivity index (χ4v) is 3.44. The summed E-state index contributed by atoms with van der Waals surface area (Å²) in [5, 5.41) is 7.22. The van der Waals surface area contributed by atoms with Crippen molar-refractivity contribution in [2.75, 3.05) is 23.4 Å². The molecule has 0 unspecified atom stereocenters. The molecular weight excluding hydrogens is 380 g/mol. The number of benzene rings is 2.